The van der Waals surface area contributed by atoms with Crippen LogP contribution >= 0.6 is 11.6 Å². The molecule has 0 aromatic carbocycles. The van der Waals surface area contributed by atoms with Crippen LogP contribution in [0.1, 0.15) is 39.2 Å². The number of pyridine rings is 2. The van der Waals surface area contributed by atoms with Crippen molar-refractivity contribution in [3.63, 3.8) is 0 Å². The second-order valence-corrected chi connectivity index (χ2v) is 9.61. The highest BCUT2D eigenvalue weighted by Gasteiger charge is 2.42. The zero-order chi connectivity index (χ0) is 21.7. The molecule has 2 aliphatic heterocycles. The van der Waals surface area contributed by atoms with Gasteiger partial charge in [0.05, 0.1) is 22.6 Å². The van der Waals surface area contributed by atoms with Gasteiger partial charge in [-0.05, 0) is 39.7 Å². The number of aliphatic hydroxyl groups is 1. The summed E-state index contributed by atoms with van der Waals surface area (Å²) in [6.45, 7) is 7.43. The summed E-state index contributed by atoms with van der Waals surface area (Å²) >= 11 is 6.41. The van der Waals surface area contributed by atoms with Crippen molar-refractivity contribution in [2.75, 3.05) is 19.6 Å². The average Bonchev–Trinajstić information content (AvgIpc) is 2.95. The van der Waals surface area contributed by atoms with Gasteiger partial charge in [0.2, 0.25) is 0 Å². The quantitative estimate of drug-likeness (QED) is 0.769. The van der Waals surface area contributed by atoms with Gasteiger partial charge in [0.15, 0.2) is 0 Å². The molecule has 2 N–H and O–H groups in total. The van der Waals surface area contributed by atoms with E-state index >= 15 is 0 Å². The fraction of sp³-hybridized carbons (Fsp3) is 0.571. The summed E-state index contributed by atoms with van der Waals surface area (Å²) in [5.41, 5.74) is -0.148. The van der Waals surface area contributed by atoms with Crippen LogP contribution in [-0.2, 0) is 16.9 Å². The molecule has 0 unspecified atom stereocenters. The number of carbonyl (C=O) groups is 1. The predicted molar refractivity (Wildman–Crippen MR) is 114 cm³/mol. The van der Waals surface area contributed by atoms with Crippen LogP contribution in [0.3, 0.4) is 0 Å². The molecule has 1 amide bonds. The zero-order valence-electron chi connectivity index (χ0n) is 17.4. The highest BCUT2D eigenvalue weighted by atomic mass is 35.5. The second-order valence-electron chi connectivity index (χ2n) is 9.20. The lowest BCUT2D eigenvalue weighted by Gasteiger charge is -2.37. The molecule has 0 spiro atoms. The molecule has 162 valence electrons. The van der Waals surface area contributed by atoms with Gasteiger partial charge in [-0.1, -0.05) is 11.6 Å². The minimum Gasteiger partial charge on any atom is -0.444 e. The van der Waals surface area contributed by atoms with Gasteiger partial charge in [0.25, 0.3) is 5.56 Å². The SMILES string of the molecule is CC(C)(C)OC(=O)NC1CCN(C[C@@]2(O)Cn3c(=O)ccc4ncc(Cl)c2c43)CC1. The third-order valence-corrected chi connectivity index (χ3v) is 5.92. The molecule has 0 saturated carbocycles. The normalized spacial score (nSPS) is 22.4. The minimum absolute atomic E-state index is 0.0327. The summed E-state index contributed by atoms with van der Waals surface area (Å²) in [7, 11) is 0. The molecule has 1 atom stereocenters. The zero-order valence-corrected chi connectivity index (χ0v) is 18.2. The Labute approximate surface area is 179 Å². The van der Waals surface area contributed by atoms with Crippen LogP contribution in [0.25, 0.3) is 11.0 Å². The van der Waals surface area contributed by atoms with E-state index in [1.54, 1.807) is 10.6 Å². The molecule has 1 saturated heterocycles. The van der Waals surface area contributed by atoms with Crippen LogP contribution in [0.15, 0.2) is 23.1 Å². The smallest absolute Gasteiger partial charge is 0.407 e. The first-order valence-electron chi connectivity index (χ1n) is 10.2. The van der Waals surface area contributed by atoms with E-state index in [-0.39, 0.29) is 18.1 Å². The summed E-state index contributed by atoms with van der Waals surface area (Å²) in [5, 5.41) is 14.8. The second kappa shape index (κ2) is 7.51. The monoisotopic (exact) mass is 434 g/mol. The van der Waals surface area contributed by atoms with Crippen molar-refractivity contribution in [2.24, 2.45) is 0 Å². The van der Waals surface area contributed by atoms with Crippen molar-refractivity contribution < 1.29 is 14.6 Å². The number of nitrogens with one attached hydrogen (secondary N) is 1. The average molecular weight is 435 g/mol. The number of aromatic nitrogens is 2. The number of rotatable bonds is 3. The number of halogens is 1. The van der Waals surface area contributed by atoms with Gasteiger partial charge in [-0.3, -0.25) is 14.7 Å². The number of β-amino-alcohol motifs (C(OH)–C–C–N with tert-alkyl or cyclic N) is 1. The van der Waals surface area contributed by atoms with Crippen molar-refractivity contribution in [3.8, 4) is 0 Å². The highest BCUT2D eigenvalue weighted by molar-refractivity contribution is 6.32. The molecular weight excluding hydrogens is 408 g/mol. The number of carbonyl (C=O) groups excluding carboxylic acids is 1. The van der Waals surface area contributed by atoms with Crippen molar-refractivity contribution in [2.45, 2.75) is 57.4 Å². The maximum atomic E-state index is 12.3. The standard InChI is InChI=1S/C21H27ClN4O4/c1-20(2,3)30-19(28)24-13-6-8-25(9-7-13)11-21(29)12-26-16(27)5-4-15-18(26)17(21)14(22)10-23-15/h4-5,10,13,29H,6-9,11-12H2,1-3H3,(H,24,28)/t21-/m1/s1. The first-order valence-corrected chi connectivity index (χ1v) is 10.6. The highest BCUT2D eigenvalue weighted by Crippen LogP contribution is 2.40. The summed E-state index contributed by atoms with van der Waals surface area (Å²) in [6.07, 6.45) is 2.63. The number of hydrogen-bond acceptors (Lipinski definition) is 6. The number of likely N-dealkylation sites (tertiary alicyclic amines) is 1. The lowest BCUT2D eigenvalue weighted by molar-refractivity contribution is -0.0142. The Morgan fingerprint density at radius 1 is 1.37 bits per heavy atom. The molecule has 30 heavy (non-hydrogen) atoms. The van der Waals surface area contributed by atoms with E-state index in [9.17, 15) is 14.7 Å². The maximum Gasteiger partial charge on any atom is 0.407 e. The Balaban J connectivity index is 1.45. The van der Waals surface area contributed by atoms with Crippen LogP contribution in [0.4, 0.5) is 4.79 Å². The number of amides is 1. The van der Waals surface area contributed by atoms with Crippen molar-refractivity contribution in [1.29, 1.82) is 0 Å². The molecule has 0 bridgehead atoms. The number of ether oxygens (including phenoxy) is 1. The van der Waals surface area contributed by atoms with E-state index in [2.05, 4.69) is 15.2 Å². The van der Waals surface area contributed by atoms with Gasteiger partial charge >= 0.3 is 6.09 Å². The largest absolute Gasteiger partial charge is 0.444 e. The van der Waals surface area contributed by atoms with E-state index in [0.29, 0.717) is 41.3 Å². The lowest BCUT2D eigenvalue weighted by atomic mass is 9.94. The summed E-state index contributed by atoms with van der Waals surface area (Å²) in [4.78, 5) is 30.8. The number of nitrogens with zero attached hydrogens (tertiary/aromatic N) is 3. The molecule has 9 heteroatoms. The number of alkyl carbamates (subject to hydrolysis) is 1. The topological polar surface area (TPSA) is 96.7 Å². The first-order chi connectivity index (χ1) is 14.1. The Bertz CT molecular complexity index is 1040. The van der Waals surface area contributed by atoms with E-state index in [1.165, 1.54) is 12.3 Å². The van der Waals surface area contributed by atoms with Crippen molar-refractivity contribution in [3.05, 3.63) is 39.3 Å². The van der Waals surface area contributed by atoms with Crippen LogP contribution in [-0.4, -0.2) is 56.9 Å². The summed E-state index contributed by atoms with van der Waals surface area (Å²) < 4.78 is 6.88. The fourth-order valence-electron chi connectivity index (χ4n) is 4.39. The third-order valence-electron chi connectivity index (χ3n) is 5.63. The van der Waals surface area contributed by atoms with Gasteiger partial charge in [-0.25, -0.2) is 4.79 Å². The summed E-state index contributed by atoms with van der Waals surface area (Å²) in [5.74, 6) is 0. The predicted octanol–water partition coefficient (Wildman–Crippen LogP) is 2.24. The summed E-state index contributed by atoms with van der Waals surface area (Å²) in [6, 6.07) is 3.16. The van der Waals surface area contributed by atoms with Crippen molar-refractivity contribution in [1.82, 2.24) is 19.8 Å². The Morgan fingerprint density at radius 3 is 2.73 bits per heavy atom. The molecule has 2 aliphatic rings. The van der Waals surface area contributed by atoms with Gasteiger partial charge in [-0.2, -0.15) is 0 Å². The third kappa shape index (κ3) is 4.04. The molecule has 1 fully saturated rings. The Kier molecular flexibility index (Phi) is 5.28. The lowest BCUT2D eigenvalue weighted by Crippen LogP contribution is -2.50. The van der Waals surface area contributed by atoms with Crippen LogP contribution in [0.2, 0.25) is 5.02 Å². The van der Waals surface area contributed by atoms with Crippen LogP contribution in [0, 0.1) is 0 Å². The van der Waals surface area contributed by atoms with Crippen LogP contribution < -0.4 is 10.9 Å². The Morgan fingerprint density at radius 2 is 2.07 bits per heavy atom. The molecule has 0 radical (unpaired) electrons. The molecule has 2 aromatic heterocycles. The Hall–Kier alpha value is -2.16. The molecule has 4 rings (SSSR count). The van der Waals surface area contributed by atoms with E-state index < -0.39 is 17.3 Å². The molecule has 8 nitrogen and oxygen atoms in total. The van der Waals surface area contributed by atoms with E-state index in [4.69, 9.17) is 16.3 Å². The van der Waals surface area contributed by atoms with Gasteiger partial charge in [0.1, 0.15) is 11.2 Å². The number of hydrogen-bond donors (Lipinski definition) is 2. The number of piperidine rings is 1. The van der Waals surface area contributed by atoms with Gasteiger partial charge in [-0.15, -0.1) is 0 Å². The molecule has 0 aliphatic carbocycles. The molecular formula is C21H27ClN4O4. The molecule has 2 aromatic rings. The minimum atomic E-state index is -1.27. The molecule has 4 heterocycles. The van der Waals surface area contributed by atoms with Crippen LogP contribution in [0.5, 0.6) is 0 Å². The maximum absolute atomic E-state index is 12.3. The fourth-order valence-corrected chi connectivity index (χ4v) is 4.70. The van der Waals surface area contributed by atoms with E-state index in [1.807, 2.05) is 20.8 Å². The van der Waals surface area contributed by atoms with Gasteiger partial charge in [0, 0.05) is 43.5 Å². The van der Waals surface area contributed by atoms with E-state index in [0.717, 1.165) is 12.8 Å². The first kappa shape index (κ1) is 21.1. The van der Waals surface area contributed by atoms with Gasteiger partial charge < -0.3 is 19.7 Å². The van der Waals surface area contributed by atoms with Crippen molar-refractivity contribution >= 4 is 28.7 Å².